The van der Waals surface area contributed by atoms with Gasteiger partial charge in [-0.3, -0.25) is 4.79 Å². The largest absolute Gasteiger partial charge is 0.342 e. The lowest BCUT2D eigenvalue weighted by Crippen LogP contribution is -2.38. The maximum Gasteiger partial charge on any atom is 0.253 e. The highest BCUT2D eigenvalue weighted by Crippen LogP contribution is 2.19. The second kappa shape index (κ2) is 5.78. The molecule has 0 bridgehead atoms. The van der Waals surface area contributed by atoms with Gasteiger partial charge in [-0.15, -0.1) is 5.10 Å². The lowest BCUT2D eigenvalue weighted by atomic mass is 9.99. The second-order valence-corrected chi connectivity index (χ2v) is 6.05. The van der Waals surface area contributed by atoms with Crippen LogP contribution in [0.2, 0.25) is 0 Å². The molecule has 2 aromatic heterocycles. The third-order valence-electron chi connectivity index (χ3n) is 3.56. The van der Waals surface area contributed by atoms with Crippen molar-refractivity contribution in [2.24, 2.45) is 5.92 Å². The molecule has 106 valence electrons. The van der Waals surface area contributed by atoms with Crippen LogP contribution in [0, 0.1) is 5.92 Å². The van der Waals surface area contributed by atoms with E-state index in [0.29, 0.717) is 16.7 Å². The Labute approximate surface area is 121 Å². The number of likely N-dealkylation sites (tertiary alicyclic amines) is 1. The van der Waals surface area contributed by atoms with Gasteiger partial charge in [0, 0.05) is 25.5 Å². The average Bonchev–Trinajstić information content (AvgIpc) is 2.88. The van der Waals surface area contributed by atoms with E-state index in [0.717, 1.165) is 31.8 Å². The SMILES string of the molecule is CC1CCN(C(=O)CSc2nc3ncccn3n2)CC1. The third-order valence-corrected chi connectivity index (χ3v) is 4.38. The molecule has 0 unspecified atom stereocenters. The molecule has 1 saturated heterocycles. The molecular formula is C13H17N5OS. The molecule has 0 spiro atoms. The summed E-state index contributed by atoms with van der Waals surface area (Å²) in [5.74, 6) is 1.87. The van der Waals surface area contributed by atoms with Gasteiger partial charge in [0.1, 0.15) is 0 Å². The summed E-state index contributed by atoms with van der Waals surface area (Å²) >= 11 is 1.37. The molecule has 0 saturated carbocycles. The van der Waals surface area contributed by atoms with E-state index in [2.05, 4.69) is 22.0 Å². The smallest absolute Gasteiger partial charge is 0.253 e. The molecular weight excluding hydrogens is 274 g/mol. The van der Waals surface area contributed by atoms with Crippen molar-refractivity contribution in [1.29, 1.82) is 0 Å². The van der Waals surface area contributed by atoms with Gasteiger partial charge in [-0.05, 0) is 24.8 Å². The number of amides is 1. The summed E-state index contributed by atoms with van der Waals surface area (Å²) in [5.41, 5.74) is 0. The lowest BCUT2D eigenvalue weighted by Gasteiger charge is -2.30. The van der Waals surface area contributed by atoms with Crippen LogP contribution in [0.15, 0.2) is 23.6 Å². The molecule has 0 radical (unpaired) electrons. The average molecular weight is 291 g/mol. The molecule has 20 heavy (non-hydrogen) atoms. The monoisotopic (exact) mass is 291 g/mol. The number of rotatable bonds is 3. The van der Waals surface area contributed by atoms with E-state index in [1.165, 1.54) is 11.8 Å². The van der Waals surface area contributed by atoms with E-state index >= 15 is 0 Å². The Morgan fingerprint density at radius 3 is 3.00 bits per heavy atom. The minimum Gasteiger partial charge on any atom is -0.342 e. The summed E-state index contributed by atoms with van der Waals surface area (Å²) in [5, 5.41) is 4.88. The number of carbonyl (C=O) groups excluding carboxylic acids is 1. The molecule has 3 rings (SSSR count). The minimum absolute atomic E-state index is 0.175. The van der Waals surface area contributed by atoms with Crippen LogP contribution in [0.3, 0.4) is 0 Å². The first-order valence-corrected chi connectivity index (χ1v) is 7.79. The highest BCUT2D eigenvalue weighted by Gasteiger charge is 2.20. The van der Waals surface area contributed by atoms with Crippen molar-refractivity contribution in [3.8, 4) is 0 Å². The highest BCUT2D eigenvalue weighted by atomic mass is 32.2. The van der Waals surface area contributed by atoms with Crippen molar-refractivity contribution >= 4 is 23.4 Å². The summed E-state index contributed by atoms with van der Waals surface area (Å²) in [4.78, 5) is 22.4. The van der Waals surface area contributed by atoms with E-state index in [4.69, 9.17) is 0 Å². The molecule has 0 atom stereocenters. The van der Waals surface area contributed by atoms with Crippen molar-refractivity contribution in [2.45, 2.75) is 24.9 Å². The summed E-state index contributed by atoms with van der Waals surface area (Å²) < 4.78 is 1.62. The van der Waals surface area contributed by atoms with Crippen molar-refractivity contribution < 1.29 is 4.79 Å². The summed E-state index contributed by atoms with van der Waals surface area (Å²) in [7, 11) is 0. The number of fused-ring (bicyclic) bond motifs is 1. The van der Waals surface area contributed by atoms with Crippen LogP contribution >= 0.6 is 11.8 Å². The van der Waals surface area contributed by atoms with E-state index in [-0.39, 0.29) is 5.91 Å². The van der Waals surface area contributed by atoms with Crippen LogP contribution in [0.4, 0.5) is 0 Å². The fourth-order valence-corrected chi connectivity index (χ4v) is 2.98. The zero-order chi connectivity index (χ0) is 13.9. The summed E-state index contributed by atoms with van der Waals surface area (Å²) in [6, 6.07) is 1.80. The number of hydrogen-bond acceptors (Lipinski definition) is 5. The van der Waals surface area contributed by atoms with Crippen LogP contribution in [-0.4, -0.2) is 49.2 Å². The third kappa shape index (κ3) is 2.92. The fourth-order valence-electron chi connectivity index (χ4n) is 2.25. The molecule has 0 aliphatic carbocycles. The van der Waals surface area contributed by atoms with Crippen molar-refractivity contribution in [3.05, 3.63) is 18.5 Å². The topological polar surface area (TPSA) is 63.4 Å². The molecule has 6 nitrogen and oxygen atoms in total. The van der Waals surface area contributed by atoms with Gasteiger partial charge in [0.2, 0.25) is 11.1 Å². The van der Waals surface area contributed by atoms with Crippen molar-refractivity contribution in [3.63, 3.8) is 0 Å². The molecule has 1 aliphatic heterocycles. The van der Waals surface area contributed by atoms with E-state index in [9.17, 15) is 4.79 Å². The van der Waals surface area contributed by atoms with Gasteiger partial charge in [0.15, 0.2) is 0 Å². The second-order valence-electron chi connectivity index (χ2n) is 5.11. The number of thioether (sulfide) groups is 1. The van der Waals surface area contributed by atoms with Gasteiger partial charge >= 0.3 is 0 Å². The number of hydrogen-bond donors (Lipinski definition) is 0. The Morgan fingerprint density at radius 1 is 1.45 bits per heavy atom. The molecule has 1 amide bonds. The Kier molecular flexibility index (Phi) is 3.86. The van der Waals surface area contributed by atoms with Crippen LogP contribution < -0.4 is 0 Å². The van der Waals surface area contributed by atoms with Crippen LogP contribution in [0.25, 0.3) is 5.78 Å². The molecule has 0 N–H and O–H groups in total. The predicted molar refractivity (Wildman–Crippen MR) is 76.5 cm³/mol. The first kappa shape index (κ1) is 13.4. The van der Waals surface area contributed by atoms with Gasteiger partial charge in [-0.2, -0.15) is 4.98 Å². The maximum atomic E-state index is 12.1. The van der Waals surface area contributed by atoms with E-state index in [1.807, 2.05) is 4.90 Å². The molecule has 7 heteroatoms. The summed E-state index contributed by atoms with van der Waals surface area (Å²) in [6.45, 7) is 3.99. The number of aromatic nitrogens is 4. The zero-order valence-electron chi connectivity index (χ0n) is 11.4. The molecule has 0 aromatic carbocycles. The Balaban J connectivity index is 1.57. The first-order chi connectivity index (χ1) is 9.72. The highest BCUT2D eigenvalue weighted by molar-refractivity contribution is 7.99. The van der Waals surface area contributed by atoms with Crippen molar-refractivity contribution in [2.75, 3.05) is 18.8 Å². The number of piperidine rings is 1. The van der Waals surface area contributed by atoms with E-state index in [1.54, 1.807) is 23.0 Å². The molecule has 1 fully saturated rings. The molecule has 2 aromatic rings. The van der Waals surface area contributed by atoms with Crippen LogP contribution in [0.1, 0.15) is 19.8 Å². The Morgan fingerprint density at radius 2 is 2.25 bits per heavy atom. The van der Waals surface area contributed by atoms with Crippen molar-refractivity contribution in [1.82, 2.24) is 24.5 Å². The zero-order valence-corrected chi connectivity index (χ0v) is 12.2. The lowest BCUT2D eigenvalue weighted by molar-refractivity contribution is -0.129. The molecule has 1 aliphatic rings. The fraction of sp³-hybridized carbons (Fsp3) is 0.538. The number of carbonyl (C=O) groups is 1. The van der Waals surface area contributed by atoms with Gasteiger partial charge in [0.25, 0.3) is 5.78 Å². The first-order valence-electron chi connectivity index (χ1n) is 6.80. The van der Waals surface area contributed by atoms with Crippen LogP contribution in [-0.2, 0) is 4.79 Å². The van der Waals surface area contributed by atoms with Gasteiger partial charge in [-0.1, -0.05) is 18.7 Å². The normalized spacial score (nSPS) is 16.8. The Bertz CT molecular complexity index is 573. The molecule has 3 heterocycles. The summed E-state index contributed by atoms with van der Waals surface area (Å²) in [6.07, 6.45) is 5.69. The van der Waals surface area contributed by atoms with Gasteiger partial charge in [-0.25, -0.2) is 9.50 Å². The Hall–Kier alpha value is -1.63. The predicted octanol–water partition coefficient (Wildman–Crippen LogP) is 1.47. The maximum absolute atomic E-state index is 12.1. The van der Waals surface area contributed by atoms with E-state index < -0.39 is 0 Å². The number of nitrogens with zero attached hydrogens (tertiary/aromatic N) is 5. The van der Waals surface area contributed by atoms with Crippen LogP contribution in [0.5, 0.6) is 0 Å². The standard InChI is InChI=1S/C13H17N5OS/c1-10-3-7-17(8-4-10)11(19)9-20-13-15-12-14-5-2-6-18(12)16-13/h2,5-6,10H,3-4,7-9H2,1H3. The quantitative estimate of drug-likeness (QED) is 0.801. The van der Waals surface area contributed by atoms with Gasteiger partial charge < -0.3 is 4.90 Å². The van der Waals surface area contributed by atoms with Gasteiger partial charge in [0.05, 0.1) is 5.75 Å². The minimum atomic E-state index is 0.175.